The molecule has 2 rings (SSSR count). The molecule has 13 heavy (non-hydrogen) atoms. The third-order valence-electron chi connectivity index (χ3n) is 2.38. The van der Waals surface area contributed by atoms with Crippen LogP contribution in [-0.2, 0) is 6.42 Å². The Bertz CT molecular complexity index is 283. The van der Waals surface area contributed by atoms with E-state index in [1.807, 2.05) is 7.05 Å². The van der Waals surface area contributed by atoms with Crippen LogP contribution < -0.4 is 5.32 Å². The minimum Gasteiger partial charge on any atom is -0.357 e. The molecule has 1 N–H and O–H groups in total. The summed E-state index contributed by atoms with van der Waals surface area (Å²) in [5.41, 5.74) is 2.36. The van der Waals surface area contributed by atoms with Gasteiger partial charge in [-0.25, -0.2) is 9.97 Å². The number of rotatable bonds is 3. The fraction of sp³-hybridized carbons (Fsp3) is 0.600. The Morgan fingerprint density at radius 3 is 2.77 bits per heavy atom. The van der Waals surface area contributed by atoms with Crippen molar-refractivity contribution in [3.63, 3.8) is 0 Å². The molecule has 3 nitrogen and oxygen atoms in total. The molecule has 0 aromatic carbocycles. The minimum absolute atomic E-state index is 0.709. The number of hydrogen-bond donors (Lipinski definition) is 1. The van der Waals surface area contributed by atoms with Gasteiger partial charge in [0.1, 0.15) is 0 Å². The van der Waals surface area contributed by atoms with Crippen molar-refractivity contribution in [3.05, 3.63) is 17.5 Å². The van der Waals surface area contributed by atoms with Gasteiger partial charge in [0.2, 0.25) is 5.95 Å². The predicted molar refractivity (Wildman–Crippen MR) is 52.9 cm³/mol. The van der Waals surface area contributed by atoms with Gasteiger partial charge in [-0.1, -0.05) is 6.92 Å². The fourth-order valence-electron chi connectivity index (χ4n) is 1.40. The average Bonchev–Trinajstić information content (AvgIpc) is 3.00. The van der Waals surface area contributed by atoms with Gasteiger partial charge in [-0.05, 0) is 25.3 Å². The van der Waals surface area contributed by atoms with Crippen molar-refractivity contribution in [2.75, 3.05) is 12.4 Å². The minimum atomic E-state index is 0.709. The van der Waals surface area contributed by atoms with Crippen molar-refractivity contribution >= 4 is 5.95 Å². The molecule has 0 saturated heterocycles. The van der Waals surface area contributed by atoms with E-state index < -0.39 is 0 Å². The maximum absolute atomic E-state index is 4.44. The first-order chi connectivity index (χ1) is 6.33. The lowest BCUT2D eigenvalue weighted by atomic mass is 10.2. The first-order valence-electron chi connectivity index (χ1n) is 4.89. The molecular weight excluding hydrogens is 162 g/mol. The van der Waals surface area contributed by atoms with E-state index in [1.165, 1.54) is 18.5 Å². The van der Waals surface area contributed by atoms with Crippen LogP contribution in [0.2, 0.25) is 0 Å². The van der Waals surface area contributed by atoms with Crippen LogP contribution in [0, 0.1) is 0 Å². The summed E-state index contributed by atoms with van der Waals surface area (Å²) < 4.78 is 0. The van der Waals surface area contributed by atoms with Crippen LogP contribution in [-0.4, -0.2) is 17.0 Å². The summed E-state index contributed by atoms with van der Waals surface area (Å²) in [4.78, 5) is 8.80. The number of nitrogens with one attached hydrogen (secondary N) is 1. The van der Waals surface area contributed by atoms with Crippen molar-refractivity contribution in [1.29, 1.82) is 0 Å². The van der Waals surface area contributed by atoms with E-state index in [0.717, 1.165) is 18.1 Å². The van der Waals surface area contributed by atoms with E-state index in [4.69, 9.17) is 0 Å². The van der Waals surface area contributed by atoms with Crippen LogP contribution in [0.25, 0.3) is 0 Å². The number of nitrogens with zero attached hydrogens (tertiary/aromatic N) is 2. The summed E-state index contributed by atoms with van der Waals surface area (Å²) in [7, 11) is 1.87. The maximum Gasteiger partial charge on any atom is 0.222 e. The van der Waals surface area contributed by atoms with Gasteiger partial charge >= 0.3 is 0 Å². The molecule has 0 bridgehead atoms. The molecule has 0 spiro atoms. The lowest BCUT2D eigenvalue weighted by molar-refractivity contribution is 0.932. The summed E-state index contributed by atoms with van der Waals surface area (Å²) in [5.74, 6) is 1.47. The molecule has 1 aliphatic rings. The Kier molecular flexibility index (Phi) is 2.17. The third kappa shape index (κ3) is 1.79. The van der Waals surface area contributed by atoms with Crippen LogP contribution in [0.4, 0.5) is 5.95 Å². The zero-order chi connectivity index (χ0) is 9.26. The smallest absolute Gasteiger partial charge is 0.222 e. The van der Waals surface area contributed by atoms with Gasteiger partial charge in [0.25, 0.3) is 0 Å². The lowest BCUT2D eigenvalue weighted by Gasteiger charge is -2.04. The van der Waals surface area contributed by atoms with E-state index in [2.05, 4.69) is 28.3 Å². The Morgan fingerprint density at radius 2 is 2.23 bits per heavy atom. The second-order valence-electron chi connectivity index (χ2n) is 3.49. The van der Waals surface area contributed by atoms with E-state index in [9.17, 15) is 0 Å². The zero-order valence-corrected chi connectivity index (χ0v) is 8.17. The number of aryl methyl sites for hydroxylation is 1. The van der Waals surface area contributed by atoms with Crippen molar-refractivity contribution in [3.8, 4) is 0 Å². The molecule has 1 fully saturated rings. The highest BCUT2D eigenvalue weighted by atomic mass is 15.1. The highest BCUT2D eigenvalue weighted by molar-refractivity contribution is 5.30. The molecular formula is C10H15N3. The van der Waals surface area contributed by atoms with Gasteiger partial charge in [-0.3, -0.25) is 0 Å². The first kappa shape index (κ1) is 8.48. The molecule has 70 valence electrons. The Hall–Kier alpha value is -1.12. The third-order valence-corrected chi connectivity index (χ3v) is 2.38. The lowest BCUT2D eigenvalue weighted by Crippen LogP contribution is -2.02. The molecule has 0 amide bonds. The maximum atomic E-state index is 4.44. The summed E-state index contributed by atoms with van der Waals surface area (Å²) in [6.45, 7) is 2.12. The molecule has 1 saturated carbocycles. The van der Waals surface area contributed by atoms with Crippen molar-refractivity contribution < 1.29 is 0 Å². The summed E-state index contributed by atoms with van der Waals surface area (Å²) in [5, 5.41) is 3.00. The second-order valence-corrected chi connectivity index (χ2v) is 3.49. The van der Waals surface area contributed by atoms with Crippen molar-refractivity contribution in [2.45, 2.75) is 32.1 Å². The molecule has 3 heteroatoms. The summed E-state index contributed by atoms with van der Waals surface area (Å²) in [6.07, 6.45) is 3.57. The Labute approximate surface area is 78.6 Å². The van der Waals surface area contributed by atoms with E-state index in [0.29, 0.717) is 5.92 Å². The highest BCUT2D eigenvalue weighted by Crippen LogP contribution is 2.39. The fourth-order valence-corrected chi connectivity index (χ4v) is 1.40. The summed E-state index contributed by atoms with van der Waals surface area (Å²) in [6, 6.07) is 2.14. The molecule has 1 aromatic rings. The predicted octanol–water partition coefficient (Wildman–Crippen LogP) is 1.96. The van der Waals surface area contributed by atoms with Crippen LogP contribution in [0.3, 0.4) is 0 Å². The molecule has 0 radical (unpaired) electrons. The van der Waals surface area contributed by atoms with Crippen LogP contribution in [0.15, 0.2) is 6.07 Å². The van der Waals surface area contributed by atoms with Crippen LogP contribution in [0.1, 0.15) is 37.1 Å². The van der Waals surface area contributed by atoms with Gasteiger partial charge < -0.3 is 5.32 Å². The monoisotopic (exact) mass is 177 g/mol. The number of aromatic nitrogens is 2. The summed E-state index contributed by atoms with van der Waals surface area (Å²) >= 11 is 0. The average molecular weight is 177 g/mol. The van der Waals surface area contributed by atoms with Gasteiger partial charge in [-0.2, -0.15) is 0 Å². The van der Waals surface area contributed by atoms with E-state index in [1.54, 1.807) is 0 Å². The van der Waals surface area contributed by atoms with E-state index >= 15 is 0 Å². The SMILES string of the molecule is CCc1cc(C2CC2)nc(NC)n1. The number of anilines is 1. The van der Waals surface area contributed by atoms with Gasteiger partial charge in [0, 0.05) is 24.4 Å². The van der Waals surface area contributed by atoms with Gasteiger partial charge in [-0.15, -0.1) is 0 Å². The molecule has 0 atom stereocenters. The Morgan fingerprint density at radius 1 is 1.46 bits per heavy atom. The van der Waals surface area contributed by atoms with Crippen LogP contribution >= 0.6 is 0 Å². The van der Waals surface area contributed by atoms with Gasteiger partial charge in [0.15, 0.2) is 0 Å². The molecule has 1 aliphatic carbocycles. The van der Waals surface area contributed by atoms with Crippen molar-refractivity contribution in [1.82, 2.24) is 9.97 Å². The zero-order valence-electron chi connectivity index (χ0n) is 8.17. The molecule has 0 unspecified atom stereocenters. The second kappa shape index (κ2) is 3.32. The normalized spacial score (nSPS) is 15.8. The highest BCUT2D eigenvalue weighted by Gasteiger charge is 2.25. The quantitative estimate of drug-likeness (QED) is 0.767. The van der Waals surface area contributed by atoms with Gasteiger partial charge in [0.05, 0.1) is 0 Å². The van der Waals surface area contributed by atoms with Crippen LogP contribution in [0.5, 0.6) is 0 Å². The van der Waals surface area contributed by atoms with E-state index in [-0.39, 0.29) is 0 Å². The topological polar surface area (TPSA) is 37.8 Å². The first-order valence-corrected chi connectivity index (χ1v) is 4.89. The molecule has 1 aromatic heterocycles. The standard InChI is InChI=1S/C10H15N3/c1-3-8-6-9(7-4-5-7)13-10(11-2)12-8/h6-7H,3-5H2,1-2H3,(H,11,12,13). The Balaban J connectivity index is 2.33. The largest absolute Gasteiger partial charge is 0.357 e. The molecule has 0 aliphatic heterocycles. The van der Waals surface area contributed by atoms with Crippen molar-refractivity contribution in [2.24, 2.45) is 0 Å². The number of hydrogen-bond acceptors (Lipinski definition) is 3. The molecule has 1 heterocycles.